The maximum absolute atomic E-state index is 11.4. The molecule has 6 heteroatoms. The molecule has 1 amide bonds. The van der Waals surface area contributed by atoms with E-state index in [4.69, 9.17) is 0 Å². The van der Waals surface area contributed by atoms with Crippen molar-refractivity contribution >= 4 is 15.9 Å². The van der Waals surface area contributed by atoms with Crippen LogP contribution in [0.4, 0.5) is 0 Å². The second-order valence-corrected chi connectivity index (χ2v) is 6.58. The molecule has 0 aromatic rings. The number of sulfonamides is 1. The molecule has 0 atom stereocenters. The predicted molar refractivity (Wildman–Crippen MR) is 62.4 cm³/mol. The van der Waals surface area contributed by atoms with Gasteiger partial charge in [-0.25, -0.2) is 12.7 Å². The highest BCUT2D eigenvalue weighted by atomic mass is 32.2. The summed E-state index contributed by atoms with van der Waals surface area (Å²) in [7, 11) is -3.07. The molecule has 1 heterocycles. The number of nitrogens with zero attached hydrogens (tertiary/aromatic N) is 1. The third kappa shape index (κ3) is 3.75. The summed E-state index contributed by atoms with van der Waals surface area (Å²) in [6.45, 7) is 4.70. The van der Waals surface area contributed by atoms with E-state index in [1.54, 1.807) is 0 Å². The van der Waals surface area contributed by atoms with Gasteiger partial charge in [0.05, 0.1) is 6.26 Å². The van der Waals surface area contributed by atoms with E-state index >= 15 is 0 Å². The fraction of sp³-hybridized carbons (Fsp3) is 0.900. The lowest BCUT2D eigenvalue weighted by Gasteiger charge is -2.31. The van der Waals surface area contributed by atoms with Crippen LogP contribution in [0, 0.1) is 5.92 Å². The zero-order valence-electron chi connectivity index (χ0n) is 10.1. The number of carbonyl (C=O) groups is 1. The average Bonchev–Trinajstić information content (AvgIpc) is 2.17. The van der Waals surface area contributed by atoms with Crippen molar-refractivity contribution in [3.63, 3.8) is 0 Å². The van der Waals surface area contributed by atoms with Gasteiger partial charge in [-0.2, -0.15) is 0 Å². The normalized spacial score (nSPS) is 20.0. The van der Waals surface area contributed by atoms with Crippen molar-refractivity contribution in [1.29, 1.82) is 0 Å². The minimum atomic E-state index is -3.07. The summed E-state index contributed by atoms with van der Waals surface area (Å²) in [5.74, 6) is 0.0192. The maximum Gasteiger partial charge on any atom is 0.222 e. The molecule has 1 N–H and O–H groups in total. The largest absolute Gasteiger partial charge is 0.353 e. The van der Waals surface area contributed by atoms with Gasteiger partial charge in [0.2, 0.25) is 15.9 Å². The zero-order valence-corrected chi connectivity index (χ0v) is 10.9. The average molecular weight is 248 g/mol. The predicted octanol–water partition coefficient (Wildman–Crippen LogP) is 0.183. The van der Waals surface area contributed by atoms with Gasteiger partial charge in [-0.05, 0) is 12.8 Å². The van der Waals surface area contributed by atoms with Crippen LogP contribution in [0.2, 0.25) is 0 Å². The van der Waals surface area contributed by atoms with Crippen LogP contribution in [0.15, 0.2) is 0 Å². The first kappa shape index (κ1) is 13.4. The Morgan fingerprint density at radius 3 is 2.19 bits per heavy atom. The fourth-order valence-electron chi connectivity index (χ4n) is 1.70. The van der Waals surface area contributed by atoms with E-state index in [9.17, 15) is 13.2 Å². The van der Waals surface area contributed by atoms with Gasteiger partial charge in [0.25, 0.3) is 0 Å². The number of amides is 1. The Morgan fingerprint density at radius 1 is 1.31 bits per heavy atom. The SMILES string of the molecule is CC(C)C(=O)NC1CCN(S(C)(=O)=O)CC1. The van der Waals surface area contributed by atoms with Gasteiger partial charge in [0.15, 0.2) is 0 Å². The second kappa shape index (κ2) is 5.14. The smallest absolute Gasteiger partial charge is 0.222 e. The van der Waals surface area contributed by atoms with Gasteiger partial charge in [-0.15, -0.1) is 0 Å². The Kier molecular flexibility index (Phi) is 4.32. The number of carbonyl (C=O) groups excluding carboxylic acids is 1. The number of nitrogens with one attached hydrogen (secondary N) is 1. The van der Waals surface area contributed by atoms with Gasteiger partial charge >= 0.3 is 0 Å². The van der Waals surface area contributed by atoms with Crippen molar-refractivity contribution in [3.8, 4) is 0 Å². The minimum Gasteiger partial charge on any atom is -0.353 e. The molecule has 0 aliphatic carbocycles. The molecule has 1 aliphatic heterocycles. The molecule has 0 radical (unpaired) electrons. The molecule has 1 fully saturated rings. The van der Waals surface area contributed by atoms with Gasteiger partial charge in [-0.1, -0.05) is 13.8 Å². The molecule has 0 unspecified atom stereocenters. The lowest BCUT2D eigenvalue weighted by molar-refractivity contribution is -0.124. The molecular weight excluding hydrogens is 228 g/mol. The van der Waals surface area contributed by atoms with E-state index in [1.807, 2.05) is 13.8 Å². The van der Waals surface area contributed by atoms with Crippen LogP contribution < -0.4 is 5.32 Å². The Balaban J connectivity index is 2.41. The van der Waals surface area contributed by atoms with Crippen LogP contribution >= 0.6 is 0 Å². The van der Waals surface area contributed by atoms with E-state index in [0.717, 1.165) is 0 Å². The van der Waals surface area contributed by atoms with Crippen LogP contribution in [-0.2, 0) is 14.8 Å². The van der Waals surface area contributed by atoms with E-state index in [0.29, 0.717) is 25.9 Å². The molecule has 94 valence electrons. The molecule has 5 nitrogen and oxygen atoms in total. The maximum atomic E-state index is 11.4. The summed E-state index contributed by atoms with van der Waals surface area (Å²) < 4.78 is 24.0. The zero-order chi connectivity index (χ0) is 12.3. The standard InChI is InChI=1S/C10H20N2O3S/c1-8(2)10(13)11-9-4-6-12(7-5-9)16(3,14)15/h8-9H,4-7H2,1-3H3,(H,11,13). The summed E-state index contributed by atoms with van der Waals surface area (Å²) in [4.78, 5) is 11.4. The Hall–Kier alpha value is -0.620. The van der Waals surface area contributed by atoms with Crippen molar-refractivity contribution in [2.24, 2.45) is 5.92 Å². The van der Waals surface area contributed by atoms with Gasteiger partial charge in [0.1, 0.15) is 0 Å². The van der Waals surface area contributed by atoms with E-state index in [-0.39, 0.29) is 17.9 Å². The monoisotopic (exact) mass is 248 g/mol. The van der Waals surface area contributed by atoms with Crippen LogP contribution in [0.5, 0.6) is 0 Å². The van der Waals surface area contributed by atoms with Crippen LogP contribution in [-0.4, -0.2) is 44.0 Å². The third-order valence-electron chi connectivity index (χ3n) is 2.79. The summed E-state index contributed by atoms with van der Waals surface area (Å²) in [6.07, 6.45) is 2.62. The lowest BCUT2D eigenvalue weighted by atomic mass is 10.1. The highest BCUT2D eigenvalue weighted by Gasteiger charge is 2.25. The Labute approximate surface area is 97.2 Å². The molecule has 0 aromatic carbocycles. The first-order valence-electron chi connectivity index (χ1n) is 5.56. The first-order valence-corrected chi connectivity index (χ1v) is 7.41. The van der Waals surface area contributed by atoms with E-state index in [1.165, 1.54) is 10.6 Å². The van der Waals surface area contributed by atoms with Gasteiger partial charge < -0.3 is 5.32 Å². The minimum absolute atomic E-state index is 0.0204. The topological polar surface area (TPSA) is 66.5 Å². The fourth-order valence-corrected chi connectivity index (χ4v) is 2.57. The summed E-state index contributed by atoms with van der Waals surface area (Å²) in [5.41, 5.74) is 0. The summed E-state index contributed by atoms with van der Waals surface area (Å²) in [5, 5.41) is 2.93. The van der Waals surface area contributed by atoms with Crippen molar-refractivity contribution in [2.45, 2.75) is 32.7 Å². The van der Waals surface area contributed by atoms with E-state index in [2.05, 4.69) is 5.32 Å². The molecule has 0 saturated carbocycles. The summed E-state index contributed by atoms with van der Waals surface area (Å²) in [6, 6.07) is 0.118. The molecule has 1 saturated heterocycles. The van der Waals surface area contributed by atoms with Crippen molar-refractivity contribution < 1.29 is 13.2 Å². The lowest BCUT2D eigenvalue weighted by Crippen LogP contribution is -2.47. The van der Waals surface area contributed by atoms with Crippen LogP contribution in [0.3, 0.4) is 0 Å². The first-order chi connectivity index (χ1) is 7.30. The number of rotatable bonds is 3. The quantitative estimate of drug-likeness (QED) is 0.775. The molecule has 0 spiro atoms. The van der Waals surface area contributed by atoms with Crippen LogP contribution in [0.1, 0.15) is 26.7 Å². The van der Waals surface area contributed by atoms with Crippen molar-refractivity contribution in [3.05, 3.63) is 0 Å². The molecular formula is C10H20N2O3S. The number of hydrogen-bond donors (Lipinski definition) is 1. The molecule has 1 rings (SSSR count). The van der Waals surface area contributed by atoms with E-state index < -0.39 is 10.0 Å². The van der Waals surface area contributed by atoms with Crippen LogP contribution in [0.25, 0.3) is 0 Å². The molecule has 0 bridgehead atoms. The Morgan fingerprint density at radius 2 is 1.81 bits per heavy atom. The highest BCUT2D eigenvalue weighted by molar-refractivity contribution is 7.88. The molecule has 16 heavy (non-hydrogen) atoms. The van der Waals surface area contributed by atoms with Crippen molar-refractivity contribution in [2.75, 3.05) is 19.3 Å². The molecule has 1 aliphatic rings. The highest BCUT2D eigenvalue weighted by Crippen LogP contribution is 2.13. The van der Waals surface area contributed by atoms with Gasteiger partial charge in [0, 0.05) is 25.0 Å². The third-order valence-corrected chi connectivity index (χ3v) is 4.10. The number of piperidine rings is 1. The Bertz CT molecular complexity index is 343. The second-order valence-electron chi connectivity index (χ2n) is 4.60. The summed E-state index contributed by atoms with van der Waals surface area (Å²) >= 11 is 0. The van der Waals surface area contributed by atoms with Crippen molar-refractivity contribution in [1.82, 2.24) is 9.62 Å². The number of hydrogen-bond acceptors (Lipinski definition) is 3. The van der Waals surface area contributed by atoms with Gasteiger partial charge in [-0.3, -0.25) is 4.79 Å². The molecule has 0 aromatic heterocycles.